The third-order valence-corrected chi connectivity index (χ3v) is 3.82. The Bertz CT molecular complexity index is 153. The second-order valence-electron chi connectivity index (χ2n) is 5.31. The number of hydrogen-bond acceptors (Lipinski definition) is 2. The van der Waals surface area contributed by atoms with Crippen molar-refractivity contribution in [3.63, 3.8) is 0 Å². The summed E-state index contributed by atoms with van der Waals surface area (Å²) in [6.07, 6.45) is 13.2. The number of unbranched alkanes of at least 4 members (excludes halogenated alkanes) is 1. The maximum Gasteiger partial charge on any atom is 0.0541 e. The SMILES string of the molecule is OCCC[C@@H](O)CCCCC1CCCCC1. The minimum atomic E-state index is -0.182. The van der Waals surface area contributed by atoms with E-state index >= 15 is 0 Å². The number of aliphatic hydroxyl groups excluding tert-OH is 2. The summed E-state index contributed by atoms with van der Waals surface area (Å²) < 4.78 is 0. The first-order chi connectivity index (χ1) is 7.83. The summed E-state index contributed by atoms with van der Waals surface area (Å²) in [4.78, 5) is 0. The Morgan fingerprint density at radius 2 is 1.62 bits per heavy atom. The van der Waals surface area contributed by atoms with Crippen molar-refractivity contribution in [3.8, 4) is 0 Å². The summed E-state index contributed by atoms with van der Waals surface area (Å²) >= 11 is 0. The predicted molar refractivity (Wildman–Crippen MR) is 67.4 cm³/mol. The van der Waals surface area contributed by atoms with Crippen LogP contribution in [0, 0.1) is 5.92 Å². The summed E-state index contributed by atoms with van der Waals surface area (Å²) in [7, 11) is 0. The molecule has 1 aliphatic rings. The zero-order valence-electron chi connectivity index (χ0n) is 10.5. The molecule has 0 spiro atoms. The van der Waals surface area contributed by atoms with Gasteiger partial charge in [-0.05, 0) is 25.2 Å². The first-order valence-electron chi connectivity index (χ1n) is 7.12. The first kappa shape index (κ1) is 14.0. The molecule has 0 heterocycles. The molecule has 0 aromatic rings. The van der Waals surface area contributed by atoms with Crippen LogP contribution in [0.1, 0.15) is 70.6 Å². The topological polar surface area (TPSA) is 40.5 Å². The van der Waals surface area contributed by atoms with Gasteiger partial charge in [0.1, 0.15) is 0 Å². The maximum absolute atomic E-state index is 9.61. The molecule has 1 fully saturated rings. The van der Waals surface area contributed by atoms with Crippen molar-refractivity contribution in [2.75, 3.05) is 6.61 Å². The molecular formula is C14H28O2. The summed E-state index contributed by atoms with van der Waals surface area (Å²) in [5, 5.41) is 18.3. The van der Waals surface area contributed by atoms with E-state index in [2.05, 4.69) is 0 Å². The summed E-state index contributed by atoms with van der Waals surface area (Å²) in [6.45, 7) is 0.207. The average molecular weight is 228 g/mol. The van der Waals surface area contributed by atoms with Gasteiger partial charge in [0.2, 0.25) is 0 Å². The van der Waals surface area contributed by atoms with Gasteiger partial charge in [0.05, 0.1) is 6.10 Å². The fraction of sp³-hybridized carbons (Fsp3) is 1.00. The van der Waals surface area contributed by atoms with Gasteiger partial charge in [-0.1, -0.05) is 51.4 Å². The Kier molecular flexibility index (Phi) is 7.87. The highest BCUT2D eigenvalue weighted by Crippen LogP contribution is 2.28. The van der Waals surface area contributed by atoms with Crippen molar-refractivity contribution in [2.24, 2.45) is 5.92 Å². The molecule has 2 N–H and O–H groups in total. The Balaban J connectivity index is 1.90. The Morgan fingerprint density at radius 1 is 0.938 bits per heavy atom. The average Bonchev–Trinajstić information content (AvgIpc) is 2.33. The van der Waals surface area contributed by atoms with Crippen molar-refractivity contribution in [1.29, 1.82) is 0 Å². The predicted octanol–water partition coefficient (Wildman–Crippen LogP) is 3.26. The van der Waals surface area contributed by atoms with Crippen molar-refractivity contribution in [2.45, 2.75) is 76.7 Å². The number of hydrogen-bond donors (Lipinski definition) is 2. The van der Waals surface area contributed by atoms with Gasteiger partial charge < -0.3 is 10.2 Å². The highest BCUT2D eigenvalue weighted by molar-refractivity contribution is 4.66. The molecule has 0 saturated heterocycles. The molecule has 0 unspecified atom stereocenters. The molecule has 0 aliphatic heterocycles. The summed E-state index contributed by atoms with van der Waals surface area (Å²) in [5.41, 5.74) is 0. The highest BCUT2D eigenvalue weighted by atomic mass is 16.3. The lowest BCUT2D eigenvalue weighted by atomic mass is 9.85. The van der Waals surface area contributed by atoms with Crippen LogP contribution in [0.25, 0.3) is 0 Å². The van der Waals surface area contributed by atoms with Gasteiger partial charge in [0, 0.05) is 6.61 Å². The van der Waals surface area contributed by atoms with E-state index in [9.17, 15) is 5.11 Å². The minimum Gasteiger partial charge on any atom is -0.396 e. The van der Waals surface area contributed by atoms with Gasteiger partial charge in [-0.25, -0.2) is 0 Å². The molecule has 0 bridgehead atoms. The van der Waals surface area contributed by atoms with E-state index in [0.29, 0.717) is 0 Å². The third kappa shape index (κ3) is 6.49. The lowest BCUT2D eigenvalue weighted by Crippen LogP contribution is -2.09. The molecule has 1 aliphatic carbocycles. The molecule has 1 saturated carbocycles. The fourth-order valence-corrected chi connectivity index (χ4v) is 2.76. The van der Waals surface area contributed by atoms with Crippen LogP contribution in [-0.2, 0) is 0 Å². The monoisotopic (exact) mass is 228 g/mol. The second kappa shape index (κ2) is 9.00. The summed E-state index contributed by atoms with van der Waals surface area (Å²) in [6, 6.07) is 0. The van der Waals surface area contributed by atoms with Crippen LogP contribution >= 0.6 is 0 Å². The number of rotatable bonds is 8. The molecule has 1 atom stereocenters. The van der Waals surface area contributed by atoms with Crippen LogP contribution < -0.4 is 0 Å². The quantitative estimate of drug-likeness (QED) is 0.626. The van der Waals surface area contributed by atoms with Crippen molar-refractivity contribution in [1.82, 2.24) is 0 Å². The van der Waals surface area contributed by atoms with E-state index in [1.165, 1.54) is 44.9 Å². The molecule has 16 heavy (non-hydrogen) atoms. The molecule has 0 radical (unpaired) electrons. The van der Waals surface area contributed by atoms with Crippen LogP contribution in [0.4, 0.5) is 0 Å². The van der Waals surface area contributed by atoms with Crippen molar-refractivity contribution >= 4 is 0 Å². The minimum absolute atomic E-state index is 0.182. The van der Waals surface area contributed by atoms with Crippen molar-refractivity contribution < 1.29 is 10.2 Å². The van der Waals surface area contributed by atoms with Crippen LogP contribution in [0.15, 0.2) is 0 Å². The lowest BCUT2D eigenvalue weighted by Gasteiger charge is -2.21. The molecule has 1 rings (SSSR count). The summed E-state index contributed by atoms with van der Waals surface area (Å²) in [5.74, 6) is 0.975. The Labute approximate surface area is 100 Å². The van der Waals surface area contributed by atoms with E-state index < -0.39 is 0 Å². The normalized spacial score (nSPS) is 19.9. The van der Waals surface area contributed by atoms with E-state index in [0.717, 1.165) is 31.6 Å². The van der Waals surface area contributed by atoms with Crippen LogP contribution in [0.2, 0.25) is 0 Å². The van der Waals surface area contributed by atoms with E-state index in [1.54, 1.807) is 0 Å². The molecule has 2 heteroatoms. The van der Waals surface area contributed by atoms with E-state index in [1.807, 2.05) is 0 Å². The van der Waals surface area contributed by atoms with Gasteiger partial charge in [0.15, 0.2) is 0 Å². The van der Waals surface area contributed by atoms with E-state index in [-0.39, 0.29) is 12.7 Å². The van der Waals surface area contributed by atoms with Gasteiger partial charge in [-0.2, -0.15) is 0 Å². The highest BCUT2D eigenvalue weighted by Gasteiger charge is 2.12. The van der Waals surface area contributed by atoms with E-state index in [4.69, 9.17) is 5.11 Å². The van der Waals surface area contributed by atoms with Gasteiger partial charge in [0.25, 0.3) is 0 Å². The fourth-order valence-electron chi connectivity index (χ4n) is 2.76. The first-order valence-corrected chi connectivity index (χ1v) is 7.12. The van der Waals surface area contributed by atoms with Crippen LogP contribution in [-0.4, -0.2) is 22.9 Å². The molecule has 0 aromatic heterocycles. The Hall–Kier alpha value is -0.0800. The second-order valence-corrected chi connectivity index (χ2v) is 5.31. The zero-order valence-corrected chi connectivity index (χ0v) is 10.5. The van der Waals surface area contributed by atoms with Crippen molar-refractivity contribution in [3.05, 3.63) is 0 Å². The molecule has 0 aromatic carbocycles. The lowest BCUT2D eigenvalue weighted by molar-refractivity contribution is 0.137. The smallest absolute Gasteiger partial charge is 0.0541 e. The molecular weight excluding hydrogens is 200 g/mol. The van der Waals surface area contributed by atoms with Crippen LogP contribution in [0.3, 0.4) is 0 Å². The largest absolute Gasteiger partial charge is 0.396 e. The standard InChI is InChI=1S/C14H28O2/c15-12-6-11-14(16)10-5-4-9-13-7-2-1-3-8-13/h13-16H,1-12H2/t14-/m0/s1. The third-order valence-electron chi connectivity index (χ3n) is 3.82. The maximum atomic E-state index is 9.61. The molecule has 0 amide bonds. The Morgan fingerprint density at radius 3 is 2.31 bits per heavy atom. The van der Waals surface area contributed by atoms with Crippen LogP contribution in [0.5, 0.6) is 0 Å². The molecule has 96 valence electrons. The van der Waals surface area contributed by atoms with Gasteiger partial charge >= 0.3 is 0 Å². The van der Waals surface area contributed by atoms with Gasteiger partial charge in [-0.15, -0.1) is 0 Å². The van der Waals surface area contributed by atoms with Gasteiger partial charge in [-0.3, -0.25) is 0 Å². The number of aliphatic hydroxyl groups is 2. The molecule has 2 nitrogen and oxygen atoms in total. The zero-order chi connectivity index (χ0) is 11.6.